The summed E-state index contributed by atoms with van der Waals surface area (Å²) in [6.45, 7) is 20.5. The molecule has 0 spiro atoms. The molecular formula is C24H25F3O. The van der Waals surface area contributed by atoms with Crippen LogP contribution in [0, 0.1) is 11.6 Å². The summed E-state index contributed by atoms with van der Waals surface area (Å²) in [5.41, 5.74) is 1.48. The van der Waals surface area contributed by atoms with Gasteiger partial charge < -0.3 is 4.74 Å². The van der Waals surface area contributed by atoms with Crippen molar-refractivity contribution in [1.82, 2.24) is 0 Å². The Kier molecular flexibility index (Phi) is 9.03. The van der Waals surface area contributed by atoms with Crippen LogP contribution in [0.2, 0.25) is 0 Å². The molecule has 0 radical (unpaired) electrons. The maximum absolute atomic E-state index is 14.1. The summed E-state index contributed by atoms with van der Waals surface area (Å²) in [5, 5.41) is 0. The Balaban J connectivity index is 2.68. The van der Waals surface area contributed by atoms with E-state index in [0.717, 1.165) is 6.08 Å². The van der Waals surface area contributed by atoms with E-state index in [4.69, 9.17) is 4.74 Å². The minimum atomic E-state index is -0.908. The monoisotopic (exact) mass is 386 g/mol. The van der Waals surface area contributed by atoms with Crippen molar-refractivity contribution in [3.05, 3.63) is 114 Å². The van der Waals surface area contributed by atoms with Gasteiger partial charge in [0.15, 0.2) is 11.6 Å². The van der Waals surface area contributed by atoms with Crippen LogP contribution in [0.25, 0.3) is 6.08 Å². The standard InChI is InChI=1S/C24H25F3O/c1-7-20-13-14-21(24(27)23(20)26)12-10-16(3)9-11-17(4)19(6)22(25)15-18(5)28-8-2/h7,9,11,13-15H,1,3-6,8,10,12H2,2H3/b11-9-,22-15+. The summed E-state index contributed by atoms with van der Waals surface area (Å²) >= 11 is 0. The first-order chi connectivity index (χ1) is 13.2. The van der Waals surface area contributed by atoms with Crippen LogP contribution in [0.15, 0.2) is 91.6 Å². The van der Waals surface area contributed by atoms with Crippen molar-refractivity contribution in [1.29, 1.82) is 0 Å². The second-order valence-corrected chi connectivity index (χ2v) is 6.03. The van der Waals surface area contributed by atoms with Gasteiger partial charge in [-0.15, -0.1) is 0 Å². The van der Waals surface area contributed by atoms with E-state index in [-0.39, 0.29) is 28.9 Å². The molecule has 0 N–H and O–H groups in total. The van der Waals surface area contributed by atoms with Gasteiger partial charge in [0.05, 0.1) is 6.61 Å². The molecule has 1 nitrogen and oxygen atoms in total. The van der Waals surface area contributed by atoms with E-state index in [1.165, 1.54) is 18.2 Å². The molecule has 0 amide bonds. The van der Waals surface area contributed by atoms with Gasteiger partial charge in [0.1, 0.15) is 11.6 Å². The molecule has 1 aromatic rings. The second-order valence-electron chi connectivity index (χ2n) is 6.03. The van der Waals surface area contributed by atoms with Crippen molar-refractivity contribution in [2.45, 2.75) is 19.8 Å². The second kappa shape index (κ2) is 11.0. The lowest BCUT2D eigenvalue weighted by atomic mass is 10.0. The topological polar surface area (TPSA) is 9.23 Å². The largest absolute Gasteiger partial charge is 0.494 e. The van der Waals surface area contributed by atoms with Crippen LogP contribution < -0.4 is 0 Å². The molecule has 0 fully saturated rings. The minimum absolute atomic E-state index is 0.0954. The molecule has 0 aliphatic rings. The number of ether oxygens (including phenoxy) is 1. The highest BCUT2D eigenvalue weighted by molar-refractivity contribution is 5.49. The molecule has 0 aliphatic heterocycles. The maximum Gasteiger partial charge on any atom is 0.166 e. The van der Waals surface area contributed by atoms with Gasteiger partial charge >= 0.3 is 0 Å². The highest BCUT2D eigenvalue weighted by atomic mass is 19.2. The predicted octanol–water partition coefficient (Wildman–Crippen LogP) is 7.17. The zero-order valence-electron chi connectivity index (χ0n) is 16.2. The molecule has 0 saturated heterocycles. The van der Waals surface area contributed by atoms with Gasteiger partial charge in [-0.05, 0) is 30.9 Å². The van der Waals surface area contributed by atoms with Gasteiger partial charge in [0, 0.05) is 17.2 Å². The van der Waals surface area contributed by atoms with E-state index in [1.807, 2.05) is 0 Å². The van der Waals surface area contributed by atoms with Crippen LogP contribution >= 0.6 is 0 Å². The van der Waals surface area contributed by atoms with E-state index in [2.05, 4.69) is 32.9 Å². The van der Waals surface area contributed by atoms with Gasteiger partial charge in [0.2, 0.25) is 0 Å². The lowest BCUT2D eigenvalue weighted by Crippen LogP contribution is -1.97. The number of benzene rings is 1. The molecule has 0 saturated carbocycles. The van der Waals surface area contributed by atoms with Crippen LogP contribution in [0.3, 0.4) is 0 Å². The van der Waals surface area contributed by atoms with Gasteiger partial charge in [0.25, 0.3) is 0 Å². The van der Waals surface area contributed by atoms with Crippen LogP contribution in [0.1, 0.15) is 24.5 Å². The van der Waals surface area contributed by atoms with Crippen molar-refractivity contribution >= 4 is 6.08 Å². The highest BCUT2D eigenvalue weighted by Gasteiger charge is 2.11. The van der Waals surface area contributed by atoms with Crippen LogP contribution in [-0.4, -0.2) is 6.61 Å². The molecule has 4 heteroatoms. The van der Waals surface area contributed by atoms with E-state index in [9.17, 15) is 13.2 Å². The Labute approximate surface area is 165 Å². The molecule has 0 unspecified atom stereocenters. The fraction of sp³-hybridized carbons (Fsp3) is 0.167. The normalized spacial score (nSPS) is 11.4. The summed E-state index contributed by atoms with van der Waals surface area (Å²) < 4.78 is 46.9. The predicted molar refractivity (Wildman–Crippen MR) is 111 cm³/mol. The SMILES string of the molecule is C=Cc1ccc(CCC(=C)/C=C\C(=C)C(=C)/C(F)=C\C(=C)OCC)c(F)c1F. The molecule has 0 bridgehead atoms. The van der Waals surface area contributed by atoms with Crippen molar-refractivity contribution in [3.63, 3.8) is 0 Å². The summed E-state index contributed by atoms with van der Waals surface area (Å²) in [6.07, 6.45) is 6.30. The molecule has 28 heavy (non-hydrogen) atoms. The number of hydrogen-bond donors (Lipinski definition) is 0. The van der Waals surface area contributed by atoms with Crippen molar-refractivity contribution < 1.29 is 17.9 Å². The molecular weight excluding hydrogens is 361 g/mol. The Bertz CT molecular complexity index is 857. The Morgan fingerprint density at radius 2 is 1.75 bits per heavy atom. The number of rotatable bonds is 11. The average Bonchev–Trinajstić information content (AvgIpc) is 2.66. The first-order valence-electron chi connectivity index (χ1n) is 8.73. The van der Waals surface area contributed by atoms with Crippen LogP contribution in [0.4, 0.5) is 13.2 Å². The Morgan fingerprint density at radius 3 is 2.36 bits per heavy atom. The maximum atomic E-state index is 14.1. The van der Waals surface area contributed by atoms with Gasteiger partial charge in [-0.3, -0.25) is 0 Å². The first kappa shape index (κ1) is 23.0. The summed E-state index contributed by atoms with van der Waals surface area (Å²) in [6, 6.07) is 3.01. The van der Waals surface area contributed by atoms with Gasteiger partial charge in [-0.25, -0.2) is 13.2 Å². The third-order valence-corrected chi connectivity index (χ3v) is 3.94. The lowest BCUT2D eigenvalue weighted by molar-refractivity contribution is 0.243. The molecule has 0 aliphatic carbocycles. The lowest BCUT2D eigenvalue weighted by Gasteiger charge is -2.07. The Hall–Kier alpha value is -3.01. The highest BCUT2D eigenvalue weighted by Crippen LogP contribution is 2.22. The fourth-order valence-corrected chi connectivity index (χ4v) is 2.26. The summed E-state index contributed by atoms with van der Waals surface area (Å²) in [5.74, 6) is -2.19. The summed E-state index contributed by atoms with van der Waals surface area (Å²) in [7, 11) is 0. The van der Waals surface area contributed by atoms with E-state index >= 15 is 0 Å². The number of allylic oxidation sites excluding steroid dienone is 7. The van der Waals surface area contributed by atoms with Crippen LogP contribution in [-0.2, 0) is 11.2 Å². The zero-order chi connectivity index (χ0) is 21.3. The van der Waals surface area contributed by atoms with E-state index < -0.39 is 17.5 Å². The quantitative estimate of drug-likeness (QED) is 0.289. The smallest absolute Gasteiger partial charge is 0.166 e. The molecule has 1 rings (SSSR count). The fourth-order valence-electron chi connectivity index (χ4n) is 2.26. The molecule has 1 aromatic carbocycles. The third-order valence-electron chi connectivity index (χ3n) is 3.94. The number of hydrogen-bond acceptors (Lipinski definition) is 1. The van der Waals surface area contributed by atoms with Gasteiger partial charge in [-0.1, -0.05) is 68.8 Å². The first-order valence-corrected chi connectivity index (χ1v) is 8.73. The van der Waals surface area contributed by atoms with E-state index in [0.29, 0.717) is 24.2 Å². The van der Waals surface area contributed by atoms with Crippen LogP contribution in [0.5, 0.6) is 0 Å². The zero-order valence-corrected chi connectivity index (χ0v) is 16.2. The van der Waals surface area contributed by atoms with E-state index in [1.54, 1.807) is 19.1 Å². The molecule has 0 atom stereocenters. The molecule has 0 aromatic heterocycles. The molecule has 148 valence electrons. The van der Waals surface area contributed by atoms with Crippen molar-refractivity contribution in [2.24, 2.45) is 0 Å². The summed E-state index contributed by atoms with van der Waals surface area (Å²) in [4.78, 5) is 0. The van der Waals surface area contributed by atoms with Crippen molar-refractivity contribution in [3.8, 4) is 0 Å². The third kappa shape index (κ3) is 6.62. The average molecular weight is 386 g/mol. The molecule has 0 heterocycles. The number of aryl methyl sites for hydroxylation is 1. The minimum Gasteiger partial charge on any atom is -0.494 e. The Morgan fingerprint density at radius 1 is 1.07 bits per heavy atom. The van der Waals surface area contributed by atoms with Crippen molar-refractivity contribution in [2.75, 3.05) is 6.61 Å². The van der Waals surface area contributed by atoms with Gasteiger partial charge in [-0.2, -0.15) is 0 Å². The number of halogens is 3.